The summed E-state index contributed by atoms with van der Waals surface area (Å²) in [5, 5.41) is 9.18. The van der Waals surface area contributed by atoms with Crippen LogP contribution in [0.3, 0.4) is 0 Å². The minimum absolute atomic E-state index is 0.148. The largest absolute Gasteiger partial charge is 0.396 e. The number of aliphatic hydroxyl groups is 1. The van der Waals surface area contributed by atoms with Gasteiger partial charge in [-0.15, -0.1) is 0 Å². The van der Waals surface area contributed by atoms with Gasteiger partial charge in [0.25, 0.3) is 0 Å². The number of carbonyl (C=O) groups is 1. The van der Waals surface area contributed by atoms with Crippen LogP contribution in [0.25, 0.3) is 0 Å². The molecular formula is C15H28N2O2. The van der Waals surface area contributed by atoms with Crippen molar-refractivity contribution >= 4 is 5.91 Å². The van der Waals surface area contributed by atoms with E-state index < -0.39 is 0 Å². The Hall–Kier alpha value is -0.610. The molecule has 0 aromatic carbocycles. The third kappa shape index (κ3) is 3.93. The molecule has 0 aliphatic carbocycles. The number of aliphatic hydroxyl groups excluding tert-OH is 1. The highest BCUT2D eigenvalue weighted by Gasteiger charge is 2.35. The van der Waals surface area contributed by atoms with Crippen LogP contribution in [0, 0.1) is 11.8 Å². The first-order valence-corrected chi connectivity index (χ1v) is 7.72. The summed E-state index contributed by atoms with van der Waals surface area (Å²) in [6.07, 6.45) is 4.01. The van der Waals surface area contributed by atoms with E-state index in [1.807, 2.05) is 4.90 Å². The van der Waals surface area contributed by atoms with Gasteiger partial charge in [0, 0.05) is 44.6 Å². The Morgan fingerprint density at radius 3 is 2.53 bits per heavy atom. The van der Waals surface area contributed by atoms with E-state index in [9.17, 15) is 9.90 Å². The lowest BCUT2D eigenvalue weighted by molar-refractivity contribution is -0.130. The van der Waals surface area contributed by atoms with Crippen molar-refractivity contribution < 1.29 is 9.90 Å². The van der Waals surface area contributed by atoms with E-state index in [1.165, 1.54) is 13.0 Å². The fourth-order valence-electron chi connectivity index (χ4n) is 3.18. The lowest BCUT2D eigenvalue weighted by Crippen LogP contribution is -2.45. The molecule has 0 aromatic rings. The van der Waals surface area contributed by atoms with Gasteiger partial charge in [-0.1, -0.05) is 13.8 Å². The number of rotatable bonds is 5. The van der Waals surface area contributed by atoms with Crippen LogP contribution < -0.4 is 0 Å². The van der Waals surface area contributed by atoms with E-state index in [1.54, 1.807) is 0 Å². The fourth-order valence-corrected chi connectivity index (χ4v) is 3.18. The Kier molecular flexibility index (Phi) is 5.22. The normalized spacial score (nSPS) is 26.6. The summed E-state index contributed by atoms with van der Waals surface area (Å²) >= 11 is 0. The molecule has 4 nitrogen and oxygen atoms in total. The predicted octanol–water partition coefficient (Wildman–Crippen LogP) is 1.34. The van der Waals surface area contributed by atoms with Gasteiger partial charge in [-0.3, -0.25) is 4.79 Å². The summed E-state index contributed by atoms with van der Waals surface area (Å²) in [4.78, 5) is 16.5. The van der Waals surface area contributed by atoms with Crippen LogP contribution in [0.5, 0.6) is 0 Å². The molecule has 19 heavy (non-hydrogen) atoms. The van der Waals surface area contributed by atoms with E-state index in [-0.39, 0.29) is 18.4 Å². The minimum Gasteiger partial charge on any atom is -0.396 e. The zero-order valence-corrected chi connectivity index (χ0v) is 12.3. The van der Waals surface area contributed by atoms with Crippen LogP contribution >= 0.6 is 0 Å². The summed E-state index contributed by atoms with van der Waals surface area (Å²) in [5.41, 5.74) is 0. The van der Waals surface area contributed by atoms with Crippen molar-refractivity contribution in [2.75, 3.05) is 32.8 Å². The number of piperidine rings is 1. The van der Waals surface area contributed by atoms with Gasteiger partial charge in [0.15, 0.2) is 0 Å². The first-order valence-electron chi connectivity index (χ1n) is 7.72. The summed E-state index contributed by atoms with van der Waals surface area (Å²) < 4.78 is 0. The van der Waals surface area contributed by atoms with Gasteiger partial charge in [0.1, 0.15) is 0 Å². The quantitative estimate of drug-likeness (QED) is 0.818. The molecule has 1 amide bonds. The van der Waals surface area contributed by atoms with Crippen molar-refractivity contribution in [3.8, 4) is 0 Å². The molecule has 4 heteroatoms. The second kappa shape index (κ2) is 6.71. The summed E-state index contributed by atoms with van der Waals surface area (Å²) in [7, 11) is 0. The highest BCUT2D eigenvalue weighted by molar-refractivity contribution is 5.79. The standard InChI is InChI=1S/C15H28N2O2/c1-12(2)3-6-16-7-4-14(5-8-16)17-10-13(11-18)9-15(17)19/h12-14,18H,3-11H2,1-2H3. The highest BCUT2D eigenvalue weighted by Crippen LogP contribution is 2.25. The van der Waals surface area contributed by atoms with Crippen LogP contribution in [0.1, 0.15) is 39.5 Å². The summed E-state index contributed by atoms with van der Waals surface area (Å²) in [5.74, 6) is 1.19. The maximum atomic E-state index is 11.9. The van der Waals surface area contributed by atoms with Crippen LogP contribution in [-0.2, 0) is 4.79 Å². The Morgan fingerprint density at radius 2 is 2.00 bits per heavy atom. The summed E-state index contributed by atoms with van der Waals surface area (Å²) in [6, 6.07) is 0.416. The van der Waals surface area contributed by atoms with E-state index in [2.05, 4.69) is 18.7 Å². The van der Waals surface area contributed by atoms with Crippen molar-refractivity contribution in [1.29, 1.82) is 0 Å². The van der Waals surface area contributed by atoms with Crippen LogP contribution in [0.2, 0.25) is 0 Å². The number of nitrogens with zero attached hydrogens (tertiary/aromatic N) is 2. The molecule has 2 aliphatic rings. The molecule has 0 bridgehead atoms. The highest BCUT2D eigenvalue weighted by atomic mass is 16.3. The van der Waals surface area contributed by atoms with Gasteiger partial charge in [0.2, 0.25) is 5.91 Å². The maximum absolute atomic E-state index is 11.9. The number of hydrogen-bond acceptors (Lipinski definition) is 3. The molecule has 2 fully saturated rings. The van der Waals surface area contributed by atoms with E-state index in [0.717, 1.165) is 38.4 Å². The van der Waals surface area contributed by atoms with Gasteiger partial charge in [0.05, 0.1) is 0 Å². The molecule has 2 rings (SSSR count). The van der Waals surface area contributed by atoms with Crippen LogP contribution in [-0.4, -0.2) is 59.6 Å². The van der Waals surface area contributed by atoms with Crippen LogP contribution in [0.15, 0.2) is 0 Å². The number of carbonyl (C=O) groups excluding carboxylic acids is 1. The zero-order valence-electron chi connectivity index (χ0n) is 12.3. The molecule has 2 saturated heterocycles. The molecule has 2 heterocycles. The lowest BCUT2D eigenvalue weighted by Gasteiger charge is -2.37. The van der Waals surface area contributed by atoms with E-state index in [4.69, 9.17) is 0 Å². The zero-order chi connectivity index (χ0) is 13.8. The molecule has 2 aliphatic heterocycles. The number of likely N-dealkylation sites (tertiary alicyclic amines) is 2. The average molecular weight is 268 g/mol. The molecule has 0 aromatic heterocycles. The van der Waals surface area contributed by atoms with Gasteiger partial charge in [-0.2, -0.15) is 0 Å². The van der Waals surface area contributed by atoms with E-state index in [0.29, 0.717) is 12.5 Å². The van der Waals surface area contributed by atoms with Gasteiger partial charge >= 0.3 is 0 Å². The lowest BCUT2D eigenvalue weighted by atomic mass is 10.0. The Balaban J connectivity index is 1.75. The predicted molar refractivity (Wildman–Crippen MR) is 75.8 cm³/mol. The Bertz CT molecular complexity index is 299. The van der Waals surface area contributed by atoms with Crippen LogP contribution in [0.4, 0.5) is 0 Å². The minimum atomic E-state index is 0.148. The third-order valence-electron chi connectivity index (χ3n) is 4.52. The molecule has 0 spiro atoms. The monoisotopic (exact) mass is 268 g/mol. The Morgan fingerprint density at radius 1 is 1.32 bits per heavy atom. The first kappa shape index (κ1) is 14.8. The number of hydrogen-bond donors (Lipinski definition) is 1. The van der Waals surface area contributed by atoms with Crippen molar-refractivity contribution in [3.63, 3.8) is 0 Å². The van der Waals surface area contributed by atoms with Gasteiger partial charge in [-0.25, -0.2) is 0 Å². The van der Waals surface area contributed by atoms with E-state index >= 15 is 0 Å². The topological polar surface area (TPSA) is 43.8 Å². The maximum Gasteiger partial charge on any atom is 0.223 e. The smallest absolute Gasteiger partial charge is 0.223 e. The Labute approximate surface area is 116 Å². The van der Waals surface area contributed by atoms with Crippen molar-refractivity contribution in [2.45, 2.75) is 45.6 Å². The average Bonchev–Trinajstić information content (AvgIpc) is 2.78. The van der Waals surface area contributed by atoms with Gasteiger partial charge in [-0.05, 0) is 31.7 Å². The molecule has 110 valence electrons. The summed E-state index contributed by atoms with van der Waals surface area (Å²) in [6.45, 7) is 8.88. The van der Waals surface area contributed by atoms with Crippen molar-refractivity contribution in [2.24, 2.45) is 11.8 Å². The molecule has 0 saturated carbocycles. The fraction of sp³-hybridized carbons (Fsp3) is 0.933. The van der Waals surface area contributed by atoms with Gasteiger partial charge < -0.3 is 14.9 Å². The van der Waals surface area contributed by atoms with Crippen molar-refractivity contribution in [3.05, 3.63) is 0 Å². The molecule has 1 atom stereocenters. The SMILES string of the molecule is CC(C)CCN1CCC(N2CC(CO)CC2=O)CC1. The molecule has 1 unspecified atom stereocenters. The second-order valence-corrected chi connectivity index (χ2v) is 6.55. The molecule has 0 radical (unpaired) electrons. The first-order chi connectivity index (χ1) is 9.10. The molecule has 1 N–H and O–H groups in total. The van der Waals surface area contributed by atoms with Crippen molar-refractivity contribution in [1.82, 2.24) is 9.80 Å². The second-order valence-electron chi connectivity index (χ2n) is 6.55. The molecular weight excluding hydrogens is 240 g/mol. The third-order valence-corrected chi connectivity index (χ3v) is 4.52. The number of amides is 1.